The number of hydrogen-bond donors (Lipinski definition) is 1. The number of benzene rings is 1. The number of aliphatic hydroxyl groups is 1. The summed E-state index contributed by atoms with van der Waals surface area (Å²) in [7, 11) is 0. The summed E-state index contributed by atoms with van der Waals surface area (Å²) in [6.45, 7) is 8.18. The van der Waals surface area contributed by atoms with Crippen LogP contribution >= 0.6 is 0 Å². The van der Waals surface area contributed by atoms with Crippen molar-refractivity contribution in [3.63, 3.8) is 0 Å². The van der Waals surface area contributed by atoms with E-state index in [-0.39, 0.29) is 0 Å². The molecular formula is C16H25NO. The maximum absolute atomic E-state index is 10.7. The number of nitrogens with zero attached hydrogens (tertiary/aromatic N) is 1. The van der Waals surface area contributed by atoms with Crippen LogP contribution in [-0.4, -0.2) is 29.1 Å². The zero-order valence-electron chi connectivity index (χ0n) is 11.8. The van der Waals surface area contributed by atoms with Crippen molar-refractivity contribution in [1.29, 1.82) is 0 Å². The molecule has 0 radical (unpaired) electrons. The van der Waals surface area contributed by atoms with Crippen LogP contribution in [0.3, 0.4) is 0 Å². The van der Waals surface area contributed by atoms with Crippen molar-refractivity contribution < 1.29 is 5.11 Å². The second-order valence-electron chi connectivity index (χ2n) is 6.11. The Bertz CT molecular complexity index is 368. The minimum atomic E-state index is -0.763. The Hall–Kier alpha value is -0.860. The Labute approximate surface area is 111 Å². The summed E-state index contributed by atoms with van der Waals surface area (Å²) >= 11 is 0. The monoisotopic (exact) mass is 247 g/mol. The molecule has 1 aliphatic carbocycles. The molecule has 0 amide bonds. The summed E-state index contributed by atoms with van der Waals surface area (Å²) < 4.78 is 0. The van der Waals surface area contributed by atoms with Crippen molar-refractivity contribution in [3.05, 3.63) is 35.9 Å². The third-order valence-electron chi connectivity index (χ3n) is 3.83. The standard InChI is InChI=1S/C16H25NO/c1-13(2)17(11-14-9-10-14)12-16(3,18)15-7-5-4-6-8-15/h4-8,13-14,18H,9-12H2,1-3H3. The van der Waals surface area contributed by atoms with Crippen molar-refractivity contribution in [2.45, 2.75) is 45.3 Å². The molecule has 18 heavy (non-hydrogen) atoms. The van der Waals surface area contributed by atoms with E-state index < -0.39 is 5.60 Å². The lowest BCUT2D eigenvalue weighted by Gasteiger charge is -2.34. The summed E-state index contributed by atoms with van der Waals surface area (Å²) in [6, 6.07) is 10.5. The summed E-state index contributed by atoms with van der Waals surface area (Å²) in [4.78, 5) is 2.41. The topological polar surface area (TPSA) is 23.5 Å². The Morgan fingerprint density at radius 2 is 1.89 bits per heavy atom. The molecule has 1 N–H and O–H groups in total. The van der Waals surface area contributed by atoms with Crippen molar-refractivity contribution in [2.24, 2.45) is 5.92 Å². The summed E-state index contributed by atoms with van der Waals surface area (Å²) in [6.07, 6.45) is 2.72. The predicted molar refractivity (Wildman–Crippen MR) is 75.4 cm³/mol. The zero-order chi connectivity index (χ0) is 13.2. The highest BCUT2D eigenvalue weighted by molar-refractivity contribution is 5.21. The molecule has 1 aromatic carbocycles. The first-order valence-corrected chi connectivity index (χ1v) is 7.01. The molecule has 1 fully saturated rings. The molecule has 2 rings (SSSR count). The average Bonchev–Trinajstić information content (AvgIpc) is 3.13. The van der Waals surface area contributed by atoms with Crippen molar-refractivity contribution in [1.82, 2.24) is 4.90 Å². The minimum absolute atomic E-state index is 0.487. The van der Waals surface area contributed by atoms with E-state index in [0.717, 1.165) is 18.0 Å². The van der Waals surface area contributed by atoms with Gasteiger partial charge in [-0.15, -0.1) is 0 Å². The third kappa shape index (κ3) is 3.56. The fourth-order valence-corrected chi connectivity index (χ4v) is 2.37. The molecule has 1 atom stereocenters. The molecule has 2 heteroatoms. The van der Waals surface area contributed by atoms with Crippen molar-refractivity contribution >= 4 is 0 Å². The first-order valence-electron chi connectivity index (χ1n) is 7.01. The normalized spacial score (nSPS) is 19.2. The number of hydrogen-bond acceptors (Lipinski definition) is 2. The van der Waals surface area contributed by atoms with E-state index in [2.05, 4.69) is 18.7 Å². The molecule has 0 bridgehead atoms. The summed E-state index contributed by atoms with van der Waals surface area (Å²) in [5.41, 5.74) is 0.242. The van der Waals surface area contributed by atoms with Gasteiger partial charge in [0.1, 0.15) is 0 Å². The SMILES string of the molecule is CC(C)N(CC1CC1)CC(C)(O)c1ccccc1. The molecule has 2 nitrogen and oxygen atoms in total. The maximum atomic E-state index is 10.7. The van der Waals surface area contributed by atoms with E-state index in [0.29, 0.717) is 12.6 Å². The van der Waals surface area contributed by atoms with Crippen LogP contribution in [0, 0.1) is 5.92 Å². The van der Waals surface area contributed by atoms with Crippen LogP contribution in [0.1, 0.15) is 39.2 Å². The molecular weight excluding hydrogens is 222 g/mol. The number of rotatable bonds is 6. The molecule has 0 aromatic heterocycles. The third-order valence-corrected chi connectivity index (χ3v) is 3.83. The lowest BCUT2D eigenvalue weighted by atomic mass is 9.95. The van der Waals surface area contributed by atoms with Gasteiger partial charge in [0, 0.05) is 19.1 Å². The Balaban J connectivity index is 2.04. The lowest BCUT2D eigenvalue weighted by molar-refractivity contribution is 0.00480. The maximum Gasteiger partial charge on any atom is 0.0994 e. The highest BCUT2D eigenvalue weighted by Gasteiger charge is 2.31. The Morgan fingerprint density at radius 3 is 2.39 bits per heavy atom. The van der Waals surface area contributed by atoms with E-state index in [9.17, 15) is 5.11 Å². The van der Waals surface area contributed by atoms with E-state index >= 15 is 0 Å². The second kappa shape index (κ2) is 5.41. The first-order chi connectivity index (χ1) is 8.49. The van der Waals surface area contributed by atoms with Crippen LogP contribution < -0.4 is 0 Å². The summed E-state index contributed by atoms with van der Waals surface area (Å²) in [5.74, 6) is 0.860. The lowest BCUT2D eigenvalue weighted by Crippen LogP contribution is -2.43. The van der Waals surface area contributed by atoms with Gasteiger partial charge < -0.3 is 5.11 Å². The van der Waals surface area contributed by atoms with E-state index in [4.69, 9.17) is 0 Å². The molecule has 0 spiro atoms. The molecule has 1 aromatic rings. The minimum Gasteiger partial charge on any atom is -0.384 e. The molecule has 0 saturated heterocycles. The van der Waals surface area contributed by atoms with E-state index in [1.165, 1.54) is 12.8 Å². The highest BCUT2D eigenvalue weighted by Crippen LogP contribution is 2.31. The van der Waals surface area contributed by atoms with Crippen LogP contribution in [-0.2, 0) is 5.60 Å². The van der Waals surface area contributed by atoms with Gasteiger partial charge in [-0.2, -0.15) is 0 Å². The Morgan fingerprint density at radius 1 is 1.28 bits per heavy atom. The second-order valence-corrected chi connectivity index (χ2v) is 6.11. The van der Waals surface area contributed by atoms with E-state index in [1.54, 1.807) is 0 Å². The van der Waals surface area contributed by atoms with Crippen LogP contribution in [0.4, 0.5) is 0 Å². The molecule has 0 aliphatic heterocycles. The molecule has 1 unspecified atom stereocenters. The quantitative estimate of drug-likeness (QED) is 0.835. The van der Waals surface area contributed by atoms with Crippen LogP contribution in [0.15, 0.2) is 30.3 Å². The smallest absolute Gasteiger partial charge is 0.0994 e. The zero-order valence-corrected chi connectivity index (χ0v) is 11.8. The van der Waals surface area contributed by atoms with Gasteiger partial charge in [-0.05, 0) is 45.1 Å². The molecule has 1 aliphatic rings. The van der Waals surface area contributed by atoms with Gasteiger partial charge in [-0.3, -0.25) is 4.90 Å². The van der Waals surface area contributed by atoms with Crippen LogP contribution in [0.25, 0.3) is 0 Å². The average molecular weight is 247 g/mol. The predicted octanol–water partition coefficient (Wildman–Crippen LogP) is 3.01. The van der Waals surface area contributed by atoms with Gasteiger partial charge in [0.15, 0.2) is 0 Å². The van der Waals surface area contributed by atoms with Gasteiger partial charge in [0.05, 0.1) is 5.60 Å². The van der Waals surface area contributed by atoms with Crippen LogP contribution in [0.2, 0.25) is 0 Å². The van der Waals surface area contributed by atoms with Gasteiger partial charge >= 0.3 is 0 Å². The van der Waals surface area contributed by atoms with E-state index in [1.807, 2.05) is 37.3 Å². The van der Waals surface area contributed by atoms with Gasteiger partial charge in [-0.25, -0.2) is 0 Å². The van der Waals surface area contributed by atoms with Gasteiger partial charge in [-0.1, -0.05) is 30.3 Å². The Kier molecular flexibility index (Phi) is 4.08. The largest absolute Gasteiger partial charge is 0.384 e. The highest BCUT2D eigenvalue weighted by atomic mass is 16.3. The molecule has 100 valence electrons. The fraction of sp³-hybridized carbons (Fsp3) is 0.625. The summed E-state index contributed by atoms with van der Waals surface area (Å²) in [5, 5.41) is 10.7. The van der Waals surface area contributed by atoms with Gasteiger partial charge in [0.2, 0.25) is 0 Å². The molecule has 0 heterocycles. The fourth-order valence-electron chi connectivity index (χ4n) is 2.37. The first kappa shape index (κ1) is 13.6. The molecule has 1 saturated carbocycles. The van der Waals surface area contributed by atoms with Crippen molar-refractivity contribution in [2.75, 3.05) is 13.1 Å². The van der Waals surface area contributed by atoms with Crippen molar-refractivity contribution in [3.8, 4) is 0 Å². The van der Waals surface area contributed by atoms with Crippen LogP contribution in [0.5, 0.6) is 0 Å². The van der Waals surface area contributed by atoms with Gasteiger partial charge in [0.25, 0.3) is 0 Å².